The Balaban J connectivity index is 1.99. The summed E-state index contributed by atoms with van der Waals surface area (Å²) in [5.41, 5.74) is 5.81. The number of likely N-dealkylation sites (tertiary alicyclic amines) is 1. The van der Waals surface area contributed by atoms with Crippen LogP contribution in [0.15, 0.2) is 22.6 Å². The van der Waals surface area contributed by atoms with Crippen molar-refractivity contribution >= 4 is 22.2 Å². The van der Waals surface area contributed by atoms with Crippen LogP contribution in [0.5, 0.6) is 0 Å². The Labute approximate surface area is 126 Å². The van der Waals surface area contributed by atoms with E-state index >= 15 is 0 Å². The fourth-order valence-electron chi connectivity index (χ4n) is 2.88. The summed E-state index contributed by atoms with van der Waals surface area (Å²) in [6.45, 7) is 2.56. The van der Waals surface area contributed by atoms with Gasteiger partial charge in [0, 0.05) is 36.4 Å². The zero-order valence-electron chi connectivity index (χ0n) is 11.9. The van der Waals surface area contributed by atoms with Crippen molar-refractivity contribution in [2.24, 2.45) is 5.73 Å². The highest BCUT2D eigenvalue weighted by molar-refractivity contribution is 7.15. The molecule has 2 aromatic rings. The first-order chi connectivity index (χ1) is 10.1. The molecular formula is C14H18N4O2S. The first-order valence-electron chi connectivity index (χ1n) is 7.11. The Kier molecular flexibility index (Phi) is 3.77. The molecule has 21 heavy (non-hydrogen) atoms. The van der Waals surface area contributed by atoms with E-state index in [4.69, 9.17) is 5.73 Å². The predicted octanol–water partition coefficient (Wildman–Crippen LogP) is 1.10. The summed E-state index contributed by atoms with van der Waals surface area (Å²) in [5.74, 6) is -0.255. The van der Waals surface area contributed by atoms with Crippen LogP contribution >= 0.6 is 11.3 Å². The molecular weight excluding hydrogens is 288 g/mol. The zero-order valence-corrected chi connectivity index (χ0v) is 12.7. The second-order valence-corrected chi connectivity index (χ2v) is 6.33. The van der Waals surface area contributed by atoms with Crippen molar-refractivity contribution in [1.82, 2.24) is 14.3 Å². The molecule has 2 N–H and O–H groups in total. The smallest absolute Gasteiger partial charge is 0.271 e. The molecule has 0 aliphatic carbocycles. The van der Waals surface area contributed by atoms with E-state index in [-0.39, 0.29) is 29.1 Å². The largest absolute Gasteiger partial charge is 0.334 e. The lowest BCUT2D eigenvalue weighted by Crippen LogP contribution is -2.52. The highest BCUT2D eigenvalue weighted by atomic mass is 32.1. The van der Waals surface area contributed by atoms with E-state index in [2.05, 4.69) is 4.98 Å². The Morgan fingerprint density at radius 3 is 3.10 bits per heavy atom. The first-order valence-corrected chi connectivity index (χ1v) is 7.99. The lowest BCUT2D eigenvalue weighted by molar-refractivity contribution is 0.0581. The number of piperidine rings is 1. The molecule has 7 heteroatoms. The number of amides is 1. The minimum Gasteiger partial charge on any atom is -0.334 e. The van der Waals surface area contributed by atoms with Crippen LogP contribution in [-0.2, 0) is 0 Å². The molecule has 1 amide bonds. The maximum Gasteiger partial charge on any atom is 0.271 e. The van der Waals surface area contributed by atoms with E-state index in [1.807, 2.05) is 6.92 Å². The topological polar surface area (TPSA) is 80.7 Å². The van der Waals surface area contributed by atoms with Crippen molar-refractivity contribution < 1.29 is 4.79 Å². The second-order valence-electron chi connectivity index (χ2n) is 5.45. The van der Waals surface area contributed by atoms with Crippen molar-refractivity contribution in [3.05, 3.63) is 33.7 Å². The highest BCUT2D eigenvalue weighted by Gasteiger charge is 2.31. The number of carbonyl (C=O) groups excluding carboxylic acids is 1. The van der Waals surface area contributed by atoms with Gasteiger partial charge in [-0.25, -0.2) is 4.98 Å². The zero-order chi connectivity index (χ0) is 15.0. The van der Waals surface area contributed by atoms with Gasteiger partial charge in [0.05, 0.1) is 0 Å². The molecule has 112 valence electrons. The number of nitrogens with two attached hydrogens (primary N) is 1. The lowest BCUT2D eigenvalue weighted by Gasteiger charge is -2.37. The lowest BCUT2D eigenvalue weighted by atomic mass is 9.96. The molecule has 0 bridgehead atoms. The van der Waals surface area contributed by atoms with Gasteiger partial charge in [0.2, 0.25) is 0 Å². The summed E-state index contributed by atoms with van der Waals surface area (Å²) in [6, 6.07) is -0.108. The van der Waals surface area contributed by atoms with Crippen LogP contribution in [0.1, 0.15) is 36.5 Å². The third-order valence-electron chi connectivity index (χ3n) is 3.99. The molecule has 6 nitrogen and oxygen atoms in total. The summed E-state index contributed by atoms with van der Waals surface area (Å²) >= 11 is 1.37. The molecule has 0 radical (unpaired) electrons. The number of nitrogens with zero attached hydrogens (tertiary/aromatic N) is 3. The molecule has 0 spiro atoms. The summed E-state index contributed by atoms with van der Waals surface area (Å²) in [5, 5.41) is 1.78. The fraction of sp³-hybridized carbons (Fsp3) is 0.500. The molecule has 0 saturated carbocycles. The minimum atomic E-state index is -0.305. The molecule has 3 heterocycles. The summed E-state index contributed by atoms with van der Waals surface area (Å²) in [7, 11) is 0. The van der Waals surface area contributed by atoms with Gasteiger partial charge in [-0.05, 0) is 26.2 Å². The molecule has 2 atom stereocenters. The van der Waals surface area contributed by atoms with Gasteiger partial charge < -0.3 is 10.6 Å². The van der Waals surface area contributed by atoms with Crippen LogP contribution in [0.25, 0.3) is 4.96 Å². The molecule has 0 unspecified atom stereocenters. The van der Waals surface area contributed by atoms with Crippen LogP contribution in [0.2, 0.25) is 0 Å². The molecule has 0 aromatic carbocycles. The van der Waals surface area contributed by atoms with Crippen molar-refractivity contribution in [2.45, 2.75) is 38.3 Å². The van der Waals surface area contributed by atoms with E-state index in [0.29, 0.717) is 11.5 Å². The Morgan fingerprint density at radius 1 is 1.52 bits per heavy atom. The monoisotopic (exact) mass is 306 g/mol. The maximum atomic E-state index is 12.7. The van der Waals surface area contributed by atoms with Crippen LogP contribution in [0.3, 0.4) is 0 Å². The summed E-state index contributed by atoms with van der Waals surface area (Å²) in [4.78, 5) is 31.7. The average molecular weight is 306 g/mol. The standard InChI is InChI=1S/C14H18N4O2S/c1-9(15)11-4-2-3-5-17(11)12(19)10-8-16-14-18(13(10)20)6-7-21-14/h6-9,11H,2-5,15H2,1H3/t9-,11-/m1/s1. The molecule has 1 saturated heterocycles. The molecule has 1 fully saturated rings. The van der Waals surface area contributed by atoms with E-state index in [0.717, 1.165) is 19.3 Å². The van der Waals surface area contributed by atoms with Crippen molar-refractivity contribution in [3.8, 4) is 0 Å². The van der Waals surface area contributed by atoms with Gasteiger partial charge >= 0.3 is 0 Å². The number of rotatable bonds is 2. The van der Waals surface area contributed by atoms with Gasteiger partial charge in [-0.3, -0.25) is 14.0 Å². The van der Waals surface area contributed by atoms with Gasteiger partial charge in [0.1, 0.15) is 5.56 Å². The van der Waals surface area contributed by atoms with E-state index in [1.54, 1.807) is 16.5 Å². The SMILES string of the molecule is C[C@@H](N)[C@H]1CCCCN1C(=O)c1cnc2sccn2c1=O. The second kappa shape index (κ2) is 5.57. The fourth-order valence-corrected chi connectivity index (χ4v) is 3.56. The Hall–Kier alpha value is -1.73. The maximum absolute atomic E-state index is 12.7. The number of aromatic nitrogens is 2. The number of hydrogen-bond acceptors (Lipinski definition) is 5. The third-order valence-corrected chi connectivity index (χ3v) is 4.76. The molecule has 3 rings (SSSR count). The molecule has 1 aliphatic rings. The highest BCUT2D eigenvalue weighted by Crippen LogP contribution is 2.20. The van der Waals surface area contributed by atoms with Gasteiger partial charge in [0.15, 0.2) is 4.96 Å². The quantitative estimate of drug-likeness (QED) is 0.901. The van der Waals surface area contributed by atoms with Gasteiger partial charge in [-0.15, -0.1) is 11.3 Å². The van der Waals surface area contributed by atoms with Gasteiger partial charge in [-0.2, -0.15) is 0 Å². The minimum absolute atomic E-state index is 0.00572. The molecule has 2 aromatic heterocycles. The normalized spacial score (nSPS) is 20.7. The Morgan fingerprint density at radius 2 is 2.33 bits per heavy atom. The third kappa shape index (κ3) is 2.47. The predicted molar refractivity (Wildman–Crippen MR) is 81.7 cm³/mol. The Bertz CT molecular complexity index is 721. The number of carbonyl (C=O) groups is 1. The van der Waals surface area contributed by atoms with E-state index < -0.39 is 0 Å². The van der Waals surface area contributed by atoms with Crippen LogP contribution in [0.4, 0.5) is 0 Å². The number of thiazole rings is 1. The van der Waals surface area contributed by atoms with Crippen molar-refractivity contribution in [2.75, 3.05) is 6.54 Å². The molecule has 1 aliphatic heterocycles. The van der Waals surface area contributed by atoms with Gasteiger partial charge in [-0.1, -0.05) is 0 Å². The van der Waals surface area contributed by atoms with Crippen molar-refractivity contribution in [1.29, 1.82) is 0 Å². The van der Waals surface area contributed by atoms with Gasteiger partial charge in [0.25, 0.3) is 11.5 Å². The van der Waals surface area contributed by atoms with E-state index in [9.17, 15) is 9.59 Å². The van der Waals surface area contributed by atoms with Crippen LogP contribution < -0.4 is 11.3 Å². The van der Waals surface area contributed by atoms with Crippen LogP contribution in [-0.4, -0.2) is 38.8 Å². The summed E-state index contributed by atoms with van der Waals surface area (Å²) < 4.78 is 1.42. The van der Waals surface area contributed by atoms with Crippen LogP contribution in [0, 0.1) is 0 Å². The first kappa shape index (κ1) is 14.2. The number of fused-ring (bicyclic) bond motifs is 1. The average Bonchev–Trinajstić information content (AvgIpc) is 2.96. The van der Waals surface area contributed by atoms with E-state index in [1.165, 1.54) is 21.9 Å². The number of hydrogen-bond donors (Lipinski definition) is 1. The van der Waals surface area contributed by atoms with Crippen molar-refractivity contribution in [3.63, 3.8) is 0 Å². The summed E-state index contributed by atoms with van der Waals surface area (Å²) in [6.07, 6.45) is 5.94.